The fourth-order valence-corrected chi connectivity index (χ4v) is 4.45. The maximum absolute atomic E-state index is 13.3. The van der Waals surface area contributed by atoms with Crippen molar-refractivity contribution in [2.24, 2.45) is 0 Å². The summed E-state index contributed by atoms with van der Waals surface area (Å²) in [5, 5.41) is 0. The minimum absolute atomic E-state index is 0.242. The summed E-state index contributed by atoms with van der Waals surface area (Å²) in [6.45, 7) is 3.67. The number of ether oxygens (including phenoxy) is 4. The molecule has 2 heterocycles. The van der Waals surface area contributed by atoms with Crippen molar-refractivity contribution in [2.75, 3.05) is 5.75 Å². The predicted molar refractivity (Wildman–Crippen MR) is 113 cm³/mol. The van der Waals surface area contributed by atoms with Gasteiger partial charge in [0.25, 0.3) is 0 Å². The Morgan fingerprint density at radius 1 is 0.938 bits per heavy atom. The number of carbonyl (C=O) groups excluding carboxylic acids is 3. The lowest BCUT2D eigenvalue weighted by Gasteiger charge is -2.40. The van der Waals surface area contributed by atoms with Crippen molar-refractivity contribution in [3.8, 4) is 17.0 Å². The topological polar surface area (TPSA) is 101 Å². The van der Waals surface area contributed by atoms with Crippen LogP contribution in [0.2, 0.25) is 0 Å². The molecule has 10 heteroatoms. The van der Waals surface area contributed by atoms with Gasteiger partial charge in [-0.25, -0.2) is 4.39 Å². The average molecular weight is 463 g/mol. The van der Waals surface area contributed by atoms with Crippen LogP contribution in [0.3, 0.4) is 0 Å². The van der Waals surface area contributed by atoms with Crippen LogP contribution in [-0.4, -0.2) is 52.4 Å². The summed E-state index contributed by atoms with van der Waals surface area (Å²) >= 11 is 1.24. The van der Waals surface area contributed by atoms with Crippen LogP contribution in [0.5, 0.6) is 5.75 Å². The monoisotopic (exact) mass is 463 g/mol. The van der Waals surface area contributed by atoms with Crippen LogP contribution >= 0.6 is 11.8 Å². The summed E-state index contributed by atoms with van der Waals surface area (Å²) in [7, 11) is 0. The van der Waals surface area contributed by atoms with Gasteiger partial charge >= 0.3 is 17.9 Å². The Morgan fingerprint density at radius 2 is 1.56 bits per heavy atom. The van der Waals surface area contributed by atoms with E-state index < -0.39 is 41.7 Å². The second kappa shape index (κ2) is 10.4. The zero-order valence-corrected chi connectivity index (χ0v) is 18.5. The molecule has 1 saturated heterocycles. The third kappa shape index (κ3) is 5.97. The molecular formula is C22H22FNO7S. The normalized spacial score (nSPS) is 22.5. The number of hydrogen-bond donors (Lipinski definition) is 0. The Bertz CT molecular complexity index is 984. The second-order valence-electron chi connectivity index (χ2n) is 6.97. The van der Waals surface area contributed by atoms with E-state index in [4.69, 9.17) is 18.9 Å². The van der Waals surface area contributed by atoms with Crippen molar-refractivity contribution >= 4 is 29.7 Å². The van der Waals surface area contributed by atoms with Crippen LogP contribution in [-0.2, 0) is 28.6 Å². The van der Waals surface area contributed by atoms with Crippen molar-refractivity contribution in [3.05, 3.63) is 48.4 Å². The summed E-state index contributed by atoms with van der Waals surface area (Å²) < 4.78 is 35.6. The summed E-state index contributed by atoms with van der Waals surface area (Å²) in [6.07, 6.45) is -1.36. The van der Waals surface area contributed by atoms with Gasteiger partial charge in [-0.2, -0.15) is 0 Å². The number of halogens is 1. The molecule has 0 radical (unpaired) electrons. The van der Waals surface area contributed by atoms with Gasteiger partial charge in [0.05, 0.1) is 0 Å². The molecule has 1 aromatic heterocycles. The minimum atomic E-state index is -1.06. The molecule has 0 bridgehead atoms. The molecule has 1 aromatic carbocycles. The van der Waals surface area contributed by atoms with Crippen LogP contribution in [0.4, 0.5) is 4.39 Å². The number of benzene rings is 1. The van der Waals surface area contributed by atoms with Crippen LogP contribution in [0.1, 0.15) is 20.8 Å². The van der Waals surface area contributed by atoms with Gasteiger partial charge in [0, 0.05) is 38.3 Å². The maximum atomic E-state index is 13.3. The molecule has 8 nitrogen and oxygen atoms in total. The Balaban J connectivity index is 1.92. The first-order valence-electron chi connectivity index (χ1n) is 9.75. The van der Waals surface area contributed by atoms with Gasteiger partial charge in [-0.05, 0) is 36.4 Å². The van der Waals surface area contributed by atoms with E-state index in [1.807, 2.05) is 0 Å². The quantitative estimate of drug-likeness (QED) is 0.472. The fraction of sp³-hybridized carbons (Fsp3) is 0.364. The smallest absolute Gasteiger partial charge is 0.303 e. The minimum Gasteiger partial charge on any atom is -0.473 e. The average Bonchev–Trinajstić information content (AvgIpc) is 2.72. The highest BCUT2D eigenvalue weighted by molar-refractivity contribution is 7.99. The molecule has 3 rings (SSSR count). The predicted octanol–water partition coefficient (Wildman–Crippen LogP) is 3.13. The van der Waals surface area contributed by atoms with Gasteiger partial charge in [-0.3, -0.25) is 19.4 Å². The number of thioether (sulfide) groups is 1. The van der Waals surface area contributed by atoms with Crippen LogP contribution in [0.25, 0.3) is 11.3 Å². The van der Waals surface area contributed by atoms with E-state index in [1.165, 1.54) is 44.7 Å². The van der Waals surface area contributed by atoms with Crippen molar-refractivity contribution in [1.82, 2.24) is 4.98 Å². The Hall–Kier alpha value is -3.14. The van der Waals surface area contributed by atoms with E-state index in [0.717, 1.165) is 0 Å². The van der Waals surface area contributed by atoms with E-state index in [9.17, 15) is 18.8 Å². The second-order valence-corrected chi connectivity index (χ2v) is 8.10. The van der Waals surface area contributed by atoms with E-state index in [2.05, 4.69) is 4.98 Å². The van der Waals surface area contributed by atoms with Crippen molar-refractivity contribution in [1.29, 1.82) is 0 Å². The van der Waals surface area contributed by atoms with E-state index >= 15 is 0 Å². The highest BCUT2D eigenvalue weighted by Crippen LogP contribution is 2.36. The third-order valence-corrected chi connectivity index (χ3v) is 5.65. The van der Waals surface area contributed by atoms with Gasteiger partial charge in [0.2, 0.25) is 0 Å². The first kappa shape index (κ1) is 23.5. The highest BCUT2D eigenvalue weighted by Gasteiger charge is 2.47. The van der Waals surface area contributed by atoms with Gasteiger partial charge in [0.1, 0.15) is 17.3 Å². The zero-order valence-electron chi connectivity index (χ0n) is 17.6. The van der Waals surface area contributed by atoms with Crippen LogP contribution in [0.15, 0.2) is 42.6 Å². The molecule has 2 aromatic rings. The number of rotatable bonds is 6. The highest BCUT2D eigenvalue weighted by atomic mass is 32.2. The molecule has 0 amide bonds. The third-order valence-electron chi connectivity index (χ3n) is 4.44. The summed E-state index contributed by atoms with van der Waals surface area (Å²) in [5.74, 6) is -1.57. The molecule has 1 aliphatic rings. The van der Waals surface area contributed by atoms with Gasteiger partial charge in [-0.15, -0.1) is 11.8 Å². The number of pyridine rings is 1. The number of carbonyl (C=O) groups is 3. The largest absolute Gasteiger partial charge is 0.473 e. The Labute approximate surface area is 188 Å². The molecule has 0 spiro atoms. The number of nitrogens with zero attached hydrogens (tertiary/aromatic N) is 1. The van der Waals surface area contributed by atoms with E-state index in [1.54, 1.807) is 30.5 Å². The first-order chi connectivity index (χ1) is 15.2. The van der Waals surface area contributed by atoms with E-state index in [-0.39, 0.29) is 11.6 Å². The van der Waals surface area contributed by atoms with Crippen LogP contribution < -0.4 is 4.74 Å². The van der Waals surface area contributed by atoms with Gasteiger partial charge in [0.15, 0.2) is 23.7 Å². The molecule has 0 aliphatic carbocycles. The van der Waals surface area contributed by atoms with Crippen molar-refractivity contribution in [3.63, 3.8) is 0 Å². The molecule has 1 fully saturated rings. The SMILES string of the molecule is CC(=O)O[C@@H]1[C@@H](OC(C)=O)[C@@H](Oc2cccnc2-c2ccc(F)cc2)SC[C@H]1OC(C)=O. The number of hydrogen-bond acceptors (Lipinski definition) is 9. The summed E-state index contributed by atoms with van der Waals surface area (Å²) in [4.78, 5) is 39.4. The number of aromatic nitrogens is 1. The molecule has 4 atom stereocenters. The van der Waals surface area contributed by atoms with Crippen molar-refractivity contribution < 1.29 is 37.7 Å². The van der Waals surface area contributed by atoms with Gasteiger partial charge in [-0.1, -0.05) is 0 Å². The van der Waals surface area contributed by atoms with Crippen molar-refractivity contribution in [2.45, 2.75) is 44.5 Å². The lowest BCUT2D eigenvalue weighted by atomic mass is 10.1. The van der Waals surface area contributed by atoms with Gasteiger partial charge < -0.3 is 18.9 Å². The Morgan fingerprint density at radius 3 is 2.19 bits per heavy atom. The maximum Gasteiger partial charge on any atom is 0.303 e. The zero-order chi connectivity index (χ0) is 23.3. The lowest BCUT2D eigenvalue weighted by molar-refractivity contribution is -0.186. The molecule has 0 N–H and O–H groups in total. The fourth-order valence-electron chi connectivity index (χ4n) is 3.25. The molecule has 170 valence electrons. The molecule has 1 aliphatic heterocycles. The van der Waals surface area contributed by atoms with E-state index in [0.29, 0.717) is 17.0 Å². The standard InChI is InChI=1S/C22H22FNO7S/c1-12(25)28-18-11-32-22(21(30-14(3)27)20(18)29-13(2)26)31-17-5-4-10-24-19(17)15-6-8-16(23)9-7-15/h4-10,18,20-22H,11H2,1-3H3/t18-,20+,21-,22+/m1/s1. The molecule has 32 heavy (non-hydrogen) atoms. The van der Waals surface area contributed by atoms with Crippen LogP contribution in [0, 0.1) is 5.82 Å². The lowest BCUT2D eigenvalue weighted by Crippen LogP contribution is -2.55. The summed E-state index contributed by atoms with van der Waals surface area (Å²) in [6, 6.07) is 9.11. The summed E-state index contributed by atoms with van der Waals surface area (Å²) in [5.41, 5.74) is 0.292. The first-order valence-corrected chi connectivity index (χ1v) is 10.8. The molecule has 0 saturated carbocycles. The number of esters is 3. The molecular weight excluding hydrogens is 441 g/mol. The molecule has 0 unspecified atom stereocenters. The Kier molecular flexibility index (Phi) is 7.68.